The van der Waals surface area contributed by atoms with Gasteiger partial charge in [-0.2, -0.15) is 0 Å². The van der Waals surface area contributed by atoms with Crippen LogP contribution < -0.4 is 5.32 Å². The third-order valence-corrected chi connectivity index (χ3v) is 5.42. The summed E-state index contributed by atoms with van der Waals surface area (Å²) in [6.45, 7) is 2.29. The first kappa shape index (κ1) is 17.3. The first-order valence-corrected chi connectivity index (χ1v) is 9.29. The highest BCUT2D eigenvalue weighted by Crippen LogP contribution is 2.38. The molecular weight excluding hydrogens is 351 g/mol. The van der Waals surface area contributed by atoms with E-state index >= 15 is 0 Å². The third-order valence-electron chi connectivity index (χ3n) is 5.18. The van der Waals surface area contributed by atoms with Gasteiger partial charge in [-0.05, 0) is 67.3 Å². The van der Waals surface area contributed by atoms with Crippen LogP contribution in [0.5, 0.6) is 0 Å². The van der Waals surface area contributed by atoms with Crippen molar-refractivity contribution in [2.45, 2.75) is 25.3 Å². The van der Waals surface area contributed by atoms with Crippen molar-refractivity contribution in [3.63, 3.8) is 0 Å². The second-order valence-electron chi connectivity index (χ2n) is 6.85. The Labute approximate surface area is 157 Å². The summed E-state index contributed by atoms with van der Waals surface area (Å²) in [7, 11) is 0. The van der Waals surface area contributed by atoms with E-state index in [1.54, 1.807) is 12.1 Å². The number of fused-ring (bicyclic) bond motifs is 3. The number of hydrogen-bond acceptors (Lipinski definition) is 2. The zero-order chi connectivity index (χ0) is 18.1. The van der Waals surface area contributed by atoms with Crippen LogP contribution in [0, 0.1) is 5.82 Å². The number of hydrogen-bond donors (Lipinski definition) is 1. The minimum absolute atomic E-state index is 0.279. The first-order valence-electron chi connectivity index (χ1n) is 8.91. The van der Waals surface area contributed by atoms with Crippen molar-refractivity contribution >= 4 is 29.3 Å². The molecule has 0 radical (unpaired) electrons. The van der Waals surface area contributed by atoms with Gasteiger partial charge in [0.2, 0.25) is 5.91 Å². The van der Waals surface area contributed by atoms with Crippen molar-refractivity contribution in [2.75, 3.05) is 18.4 Å². The molecule has 2 aliphatic rings. The number of nitrogens with one attached hydrogen (secondary N) is 1. The number of benzene rings is 2. The lowest BCUT2D eigenvalue weighted by Crippen LogP contribution is -2.30. The molecule has 2 aliphatic heterocycles. The van der Waals surface area contributed by atoms with Crippen LogP contribution in [-0.4, -0.2) is 23.9 Å². The number of nitrogens with zero attached hydrogens (tertiary/aromatic N) is 1. The molecular formula is C21H20ClFN2O. The lowest BCUT2D eigenvalue weighted by atomic mass is 9.92. The number of carbonyl (C=O) groups excluding carboxylic acids is 1. The largest absolute Gasteiger partial charge is 0.323 e. The van der Waals surface area contributed by atoms with Gasteiger partial charge in [-0.1, -0.05) is 23.7 Å². The Balaban J connectivity index is 1.48. The number of anilines is 1. The molecule has 5 heteroatoms. The second-order valence-corrected chi connectivity index (χ2v) is 7.28. The van der Waals surface area contributed by atoms with Gasteiger partial charge >= 0.3 is 0 Å². The Morgan fingerprint density at radius 3 is 2.96 bits per heavy atom. The highest BCUT2D eigenvalue weighted by atomic mass is 35.5. The number of halogens is 2. The van der Waals surface area contributed by atoms with Gasteiger partial charge in [-0.15, -0.1) is 0 Å². The molecule has 0 bridgehead atoms. The van der Waals surface area contributed by atoms with Crippen molar-refractivity contribution in [1.29, 1.82) is 0 Å². The van der Waals surface area contributed by atoms with Gasteiger partial charge in [0.05, 0.1) is 0 Å². The van der Waals surface area contributed by atoms with Crippen molar-refractivity contribution in [2.24, 2.45) is 0 Å². The molecule has 2 heterocycles. The molecule has 4 rings (SSSR count). The molecule has 0 aliphatic carbocycles. The predicted molar refractivity (Wildman–Crippen MR) is 103 cm³/mol. The molecule has 1 fully saturated rings. The van der Waals surface area contributed by atoms with E-state index in [0.717, 1.165) is 25.2 Å². The van der Waals surface area contributed by atoms with Crippen molar-refractivity contribution in [3.05, 3.63) is 70.0 Å². The standard InChI is InChI=1S/C21H20ClFN2O/c22-16-6-3-15(19(23)12-16)5-8-21(26)24-17-7-4-14-9-11-25-10-1-2-20(25)18(14)13-17/h3-8,12-13,20H,1-2,9-11H2,(H,24,26). The molecule has 1 unspecified atom stereocenters. The molecule has 3 nitrogen and oxygen atoms in total. The maximum Gasteiger partial charge on any atom is 0.248 e. The van der Waals surface area contributed by atoms with E-state index < -0.39 is 5.82 Å². The number of amides is 1. The second kappa shape index (κ2) is 7.22. The third kappa shape index (κ3) is 3.53. The molecule has 0 spiro atoms. The van der Waals surface area contributed by atoms with Crippen LogP contribution in [0.4, 0.5) is 10.1 Å². The fourth-order valence-electron chi connectivity index (χ4n) is 3.91. The van der Waals surface area contributed by atoms with E-state index in [1.165, 1.54) is 42.2 Å². The van der Waals surface area contributed by atoms with Gasteiger partial charge in [-0.3, -0.25) is 9.69 Å². The van der Waals surface area contributed by atoms with Crippen LogP contribution in [-0.2, 0) is 11.2 Å². The fraction of sp³-hybridized carbons (Fsp3) is 0.286. The maximum atomic E-state index is 13.8. The quantitative estimate of drug-likeness (QED) is 0.785. The van der Waals surface area contributed by atoms with E-state index in [9.17, 15) is 9.18 Å². The van der Waals surface area contributed by atoms with Crippen LogP contribution in [0.25, 0.3) is 6.08 Å². The lowest BCUT2D eigenvalue weighted by molar-refractivity contribution is -0.111. The first-order chi connectivity index (χ1) is 12.6. The minimum Gasteiger partial charge on any atom is -0.323 e. The molecule has 0 aromatic heterocycles. The monoisotopic (exact) mass is 370 g/mol. The summed E-state index contributed by atoms with van der Waals surface area (Å²) in [6, 6.07) is 11.0. The summed E-state index contributed by atoms with van der Waals surface area (Å²) >= 11 is 5.74. The number of carbonyl (C=O) groups is 1. The topological polar surface area (TPSA) is 32.3 Å². The van der Waals surface area contributed by atoms with Crippen molar-refractivity contribution in [1.82, 2.24) is 4.90 Å². The van der Waals surface area contributed by atoms with Gasteiger partial charge < -0.3 is 5.32 Å². The molecule has 1 amide bonds. The fourth-order valence-corrected chi connectivity index (χ4v) is 4.07. The van der Waals surface area contributed by atoms with Gasteiger partial charge in [0.25, 0.3) is 0 Å². The summed E-state index contributed by atoms with van der Waals surface area (Å²) < 4.78 is 13.8. The van der Waals surface area contributed by atoms with Gasteiger partial charge in [0.1, 0.15) is 5.82 Å². The highest BCUT2D eigenvalue weighted by molar-refractivity contribution is 6.30. The lowest BCUT2D eigenvalue weighted by Gasteiger charge is -2.32. The average molecular weight is 371 g/mol. The Bertz CT molecular complexity index is 880. The summed E-state index contributed by atoms with van der Waals surface area (Å²) in [4.78, 5) is 14.7. The van der Waals surface area contributed by atoms with Crippen molar-refractivity contribution < 1.29 is 9.18 Å². The Morgan fingerprint density at radius 1 is 1.23 bits per heavy atom. The summed E-state index contributed by atoms with van der Waals surface area (Å²) in [6.07, 6.45) is 6.28. The summed E-state index contributed by atoms with van der Waals surface area (Å²) in [5, 5.41) is 3.21. The van der Waals surface area contributed by atoms with Crippen LogP contribution in [0.1, 0.15) is 35.6 Å². The molecule has 26 heavy (non-hydrogen) atoms. The number of rotatable bonds is 3. The van der Waals surface area contributed by atoms with E-state index in [-0.39, 0.29) is 5.91 Å². The molecule has 1 saturated heterocycles. The zero-order valence-corrected chi connectivity index (χ0v) is 15.1. The Kier molecular flexibility index (Phi) is 4.79. The molecule has 1 N–H and O–H groups in total. The van der Waals surface area contributed by atoms with E-state index in [0.29, 0.717) is 16.6 Å². The SMILES string of the molecule is O=C(C=Cc1ccc(Cl)cc1F)Nc1ccc2c(c1)C1CCCN1CC2. The van der Waals surface area contributed by atoms with Crippen LogP contribution in [0.3, 0.4) is 0 Å². The Morgan fingerprint density at radius 2 is 2.12 bits per heavy atom. The Hall–Kier alpha value is -2.17. The molecule has 2 aromatic rings. The van der Waals surface area contributed by atoms with E-state index in [4.69, 9.17) is 11.6 Å². The average Bonchev–Trinajstić information content (AvgIpc) is 3.10. The molecule has 1 atom stereocenters. The van der Waals surface area contributed by atoms with E-state index in [2.05, 4.69) is 22.3 Å². The zero-order valence-electron chi connectivity index (χ0n) is 14.3. The van der Waals surface area contributed by atoms with E-state index in [1.807, 2.05) is 6.07 Å². The maximum absolute atomic E-state index is 13.8. The van der Waals surface area contributed by atoms with Crippen LogP contribution in [0.2, 0.25) is 5.02 Å². The summed E-state index contributed by atoms with van der Waals surface area (Å²) in [5.74, 6) is -0.727. The van der Waals surface area contributed by atoms with Crippen molar-refractivity contribution in [3.8, 4) is 0 Å². The highest BCUT2D eigenvalue weighted by Gasteiger charge is 2.31. The predicted octanol–water partition coefficient (Wildman–Crippen LogP) is 4.82. The normalized spacial score (nSPS) is 19.4. The smallest absolute Gasteiger partial charge is 0.248 e. The van der Waals surface area contributed by atoms with Crippen LogP contribution in [0.15, 0.2) is 42.5 Å². The molecule has 2 aromatic carbocycles. The van der Waals surface area contributed by atoms with Crippen LogP contribution >= 0.6 is 11.6 Å². The van der Waals surface area contributed by atoms with Gasteiger partial charge in [-0.25, -0.2) is 4.39 Å². The van der Waals surface area contributed by atoms with Gasteiger partial charge in [0.15, 0.2) is 0 Å². The summed E-state index contributed by atoms with van der Waals surface area (Å²) in [5.41, 5.74) is 3.82. The molecule has 134 valence electrons. The minimum atomic E-state index is -0.448. The molecule has 0 saturated carbocycles. The van der Waals surface area contributed by atoms with Gasteiger partial charge in [0, 0.05) is 34.9 Å².